The lowest BCUT2D eigenvalue weighted by atomic mass is 10.3. The second kappa shape index (κ2) is 4.08. The van der Waals surface area contributed by atoms with Crippen molar-refractivity contribution in [2.75, 3.05) is 17.6 Å². The van der Waals surface area contributed by atoms with Crippen LogP contribution in [0.25, 0.3) is 0 Å². The SMILES string of the molecule is Nc1cccc(NC(=O)CN2C(=O)C3CC3C2=O)c1. The van der Waals surface area contributed by atoms with E-state index in [1.54, 1.807) is 24.3 Å². The van der Waals surface area contributed by atoms with Crippen LogP contribution in [-0.2, 0) is 14.4 Å². The molecule has 1 aromatic rings. The van der Waals surface area contributed by atoms with E-state index in [1.165, 1.54) is 0 Å². The number of piperidine rings is 1. The zero-order chi connectivity index (χ0) is 13.6. The first-order valence-corrected chi connectivity index (χ1v) is 6.07. The summed E-state index contributed by atoms with van der Waals surface area (Å²) in [6.07, 6.45) is 0.644. The fourth-order valence-electron chi connectivity index (χ4n) is 2.37. The van der Waals surface area contributed by atoms with Crippen LogP contribution in [0.3, 0.4) is 0 Å². The predicted molar refractivity (Wildman–Crippen MR) is 67.8 cm³/mol. The van der Waals surface area contributed by atoms with Crippen LogP contribution in [0.4, 0.5) is 11.4 Å². The molecule has 1 saturated carbocycles. The highest BCUT2D eigenvalue weighted by atomic mass is 16.2. The average Bonchev–Trinajstić information content (AvgIpc) is 3.10. The van der Waals surface area contributed by atoms with E-state index < -0.39 is 5.91 Å². The topological polar surface area (TPSA) is 92.5 Å². The molecule has 98 valence electrons. The number of nitrogen functional groups attached to an aromatic ring is 1. The summed E-state index contributed by atoms with van der Waals surface area (Å²) >= 11 is 0. The fraction of sp³-hybridized carbons (Fsp3) is 0.308. The minimum atomic E-state index is -0.395. The van der Waals surface area contributed by atoms with E-state index in [0.717, 1.165) is 4.90 Å². The van der Waals surface area contributed by atoms with E-state index in [9.17, 15) is 14.4 Å². The molecule has 1 heterocycles. The Morgan fingerprint density at radius 2 is 2.00 bits per heavy atom. The molecule has 1 aliphatic heterocycles. The molecule has 1 aromatic carbocycles. The number of amides is 3. The Bertz CT molecular complexity index is 564. The Labute approximate surface area is 109 Å². The van der Waals surface area contributed by atoms with Gasteiger partial charge in [0, 0.05) is 11.4 Å². The molecule has 2 aliphatic rings. The van der Waals surface area contributed by atoms with Crippen LogP contribution in [0, 0.1) is 11.8 Å². The van der Waals surface area contributed by atoms with Gasteiger partial charge < -0.3 is 11.1 Å². The molecule has 19 heavy (non-hydrogen) atoms. The second-order valence-electron chi connectivity index (χ2n) is 4.88. The van der Waals surface area contributed by atoms with Crippen molar-refractivity contribution >= 4 is 29.1 Å². The van der Waals surface area contributed by atoms with Gasteiger partial charge in [0.05, 0.1) is 11.8 Å². The third-order valence-electron chi connectivity index (χ3n) is 3.43. The van der Waals surface area contributed by atoms with Gasteiger partial charge in [0.2, 0.25) is 17.7 Å². The van der Waals surface area contributed by atoms with Crippen molar-refractivity contribution in [2.24, 2.45) is 11.8 Å². The van der Waals surface area contributed by atoms with Gasteiger partial charge in [-0.05, 0) is 24.6 Å². The van der Waals surface area contributed by atoms with Crippen LogP contribution < -0.4 is 11.1 Å². The summed E-state index contributed by atoms with van der Waals surface area (Å²) in [6, 6.07) is 6.73. The van der Waals surface area contributed by atoms with Crippen molar-refractivity contribution in [1.82, 2.24) is 4.90 Å². The number of imide groups is 1. The van der Waals surface area contributed by atoms with Crippen molar-refractivity contribution in [3.05, 3.63) is 24.3 Å². The van der Waals surface area contributed by atoms with Crippen LogP contribution in [0.15, 0.2) is 24.3 Å². The van der Waals surface area contributed by atoms with Gasteiger partial charge in [-0.15, -0.1) is 0 Å². The second-order valence-corrected chi connectivity index (χ2v) is 4.88. The van der Waals surface area contributed by atoms with E-state index in [2.05, 4.69) is 5.32 Å². The number of hydrogen-bond donors (Lipinski definition) is 2. The number of nitrogens with one attached hydrogen (secondary N) is 1. The Morgan fingerprint density at radius 1 is 1.32 bits per heavy atom. The molecule has 2 atom stereocenters. The lowest BCUT2D eigenvalue weighted by Gasteiger charge is -2.15. The van der Waals surface area contributed by atoms with Crippen LogP contribution in [0.5, 0.6) is 0 Å². The molecule has 0 bridgehead atoms. The van der Waals surface area contributed by atoms with Crippen LogP contribution >= 0.6 is 0 Å². The van der Waals surface area contributed by atoms with Gasteiger partial charge in [-0.1, -0.05) is 6.07 Å². The molecule has 2 fully saturated rings. The molecule has 1 aliphatic carbocycles. The van der Waals surface area contributed by atoms with E-state index in [0.29, 0.717) is 17.8 Å². The van der Waals surface area contributed by atoms with Gasteiger partial charge in [0.25, 0.3) is 0 Å². The summed E-state index contributed by atoms with van der Waals surface area (Å²) in [7, 11) is 0. The van der Waals surface area contributed by atoms with E-state index in [1.807, 2.05) is 0 Å². The predicted octanol–water partition coefficient (Wildman–Crippen LogP) is 0.212. The molecule has 0 aromatic heterocycles. The molecule has 6 nitrogen and oxygen atoms in total. The number of anilines is 2. The van der Waals surface area contributed by atoms with E-state index in [4.69, 9.17) is 5.73 Å². The summed E-state index contributed by atoms with van der Waals surface area (Å²) in [5.41, 5.74) is 6.68. The van der Waals surface area contributed by atoms with Crippen molar-refractivity contribution < 1.29 is 14.4 Å². The molecule has 1 saturated heterocycles. The summed E-state index contributed by atoms with van der Waals surface area (Å²) in [4.78, 5) is 36.2. The van der Waals surface area contributed by atoms with Crippen molar-refractivity contribution in [2.45, 2.75) is 6.42 Å². The number of carbonyl (C=O) groups is 3. The lowest BCUT2D eigenvalue weighted by molar-refractivity contribution is -0.143. The van der Waals surface area contributed by atoms with E-state index >= 15 is 0 Å². The Balaban J connectivity index is 1.63. The maximum atomic E-state index is 11.8. The Kier molecular flexibility index (Phi) is 2.51. The molecular formula is C13H13N3O3. The first-order valence-electron chi connectivity index (χ1n) is 6.07. The first kappa shape index (κ1) is 11.7. The highest BCUT2D eigenvalue weighted by Gasteiger charge is 2.58. The zero-order valence-corrected chi connectivity index (χ0v) is 10.1. The third-order valence-corrected chi connectivity index (χ3v) is 3.43. The number of nitrogens with zero attached hydrogens (tertiary/aromatic N) is 1. The number of likely N-dealkylation sites (tertiary alicyclic amines) is 1. The maximum Gasteiger partial charge on any atom is 0.244 e. The number of benzene rings is 1. The molecule has 3 amide bonds. The lowest BCUT2D eigenvalue weighted by Crippen LogP contribution is -2.39. The van der Waals surface area contributed by atoms with Gasteiger partial charge in [-0.3, -0.25) is 19.3 Å². The first-order chi connectivity index (χ1) is 9.06. The smallest absolute Gasteiger partial charge is 0.244 e. The van der Waals surface area contributed by atoms with Crippen LogP contribution in [0.2, 0.25) is 0 Å². The summed E-state index contributed by atoms with van der Waals surface area (Å²) in [5, 5.41) is 2.62. The van der Waals surface area contributed by atoms with Gasteiger partial charge >= 0.3 is 0 Å². The number of hydrogen-bond acceptors (Lipinski definition) is 4. The molecule has 2 unspecified atom stereocenters. The molecular weight excluding hydrogens is 246 g/mol. The van der Waals surface area contributed by atoms with Gasteiger partial charge in [0.15, 0.2) is 0 Å². The molecule has 0 radical (unpaired) electrons. The number of fused-ring (bicyclic) bond motifs is 1. The number of rotatable bonds is 3. The average molecular weight is 259 g/mol. The molecule has 3 rings (SSSR count). The van der Waals surface area contributed by atoms with Crippen LogP contribution in [0.1, 0.15) is 6.42 Å². The summed E-state index contributed by atoms with van der Waals surface area (Å²) in [5.74, 6) is -1.19. The molecule has 3 N–H and O–H groups in total. The van der Waals surface area contributed by atoms with Gasteiger partial charge in [0.1, 0.15) is 6.54 Å². The van der Waals surface area contributed by atoms with Crippen molar-refractivity contribution in [1.29, 1.82) is 0 Å². The summed E-state index contributed by atoms with van der Waals surface area (Å²) in [6.45, 7) is -0.223. The minimum absolute atomic E-state index is 0.173. The van der Waals surface area contributed by atoms with Gasteiger partial charge in [-0.2, -0.15) is 0 Å². The normalized spacial score (nSPS) is 24.3. The quantitative estimate of drug-likeness (QED) is 0.599. The fourth-order valence-corrected chi connectivity index (χ4v) is 2.37. The standard InChI is InChI=1S/C13H13N3O3/c14-7-2-1-3-8(4-7)15-11(17)6-16-12(18)9-5-10(9)13(16)19/h1-4,9-10H,5-6,14H2,(H,15,17). The van der Waals surface area contributed by atoms with Crippen LogP contribution in [-0.4, -0.2) is 29.2 Å². The monoisotopic (exact) mass is 259 g/mol. The van der Waals surface area contributed by atoms with Gasteiger partial charge in [-0.25, -0.2) is 0 Å². The molecule has 0 spiro atoms. The Hall–Kier alpha value is -2.37. The third kappa shape index (κ3) is 2.05. The number of carbonyl (C=O) groups excluding carboxylic acids is 3. The number of nitrogens with two attached hydrogens (primary N) is 1. The van der Waals surface area contributed by atoms with Crippen molar-refractivity contribution in [3.63, 3.8) is 0 Å². The minimum Gasteiger partial charge on any atom is -0.399 e. The van der Waals surface area contributed by atoms with Crippen molar-refractivity contribution in [3.8, 4) is 0 Å². The molecule has 6 heteroatoms. The zero-order valence-electron chi connectivity index (χ0n) is 10.1. The summed E-state index contributed by atoms with van der Waals surface area (Å²) < 4.78 is 0. The highest BCUT2D eigenvalue weighted by molar-refractivity contribution is 6.11. The highest BCUT2D eigenvalue weighted by Crippen LogP contribution is 2.46. The largest absolute Gasteiger partial charge is 0.399 e. The Morgan fingerprint density at radius 3 is 2.63 bits per heavy atom. The maximum absolute atomic E-state index is 11.8. The van der Waals surface area contributed by atoms with E-state index in [-0.39, 0.29) is 30.2 Å².